The van der Waals surface area contributed by atoms with E-state index in [-0.39, 0.29) is 6.42 Å². The molecule has 0 fully saturated rings. The molecule has 0 atom stereocenters. The quantitative estimate of drug-likeness (QED) is 0.854. The van der Waals surface area contributed by atoms with Crippen LogP contribution in [-0.2, 0) is 6.42 Å². The van der Waals surface area contributed by atoms with Gasteiger partial charge in [0.25, 0.3) is 0 Å². The summed E-state index contributed by atoms with van der Waals surface area (Å²) in [6, 6.07) is 7.77. The Morgan fingerprint density at radius 3 is 2.50 bits per heavy atom. The topological polar surface area (TPSA) is 58.4 Å². The molecule has 0 radical (unpaired) electrons. The van der Waals surface area contributed by atoms with Crippen molar-refractivity contribution in [3.8, 4) is 17.6 Å². The second kappa shape index (κ2) is 5.66. The lowest BCUT2D eigenvalue weighted by Gasteiger charge is -2.18. The van der Waals surface area contributed by atoms with Crippen LogP contribution in [0.15, 0.2) is 18.2 Å². The molecule has 2 aromatic rings. The van der Waals surface area contributed by atoms with Gasteiger partial charge in [-0.1, -0.05) is 0 Å². The van der Waals surface area contributed by atoms with Crippen molar-refractivity contribution in [2.75, 3.05) is 33.2 Å². The third-order valence-corrected chi connectivity index (χ3v) is 3.08. The minimum Gasteiger partial charge on any atom is -0.497 e. The maximum absolute atomic E-state index is 8.88. The zero-order valence-electron chi connectivity index (χ0n) is 12.1. The molecule has 0 aliphatic heterocycles. The fourth-order valence-corrected chi connectivity index (χ4v) is 2.12. The summed E-state index contributed by atoms with van der Waals surface area (Å²) in [5, 5.41) is 9.81. The average molecular weight is 271 g/mol. The van der Waals surface area contributed by atoms with Crippen LogP contribution in [0, 0.1) is 11.3 Å². The third-order valence-electron chi connectivity index (χ3n) is 3.08. The highest BCUT2D eigenvalue weighted by atomic mass is 16.5. The molecule has 104 valence electrons. The summed E-state index contributed by atoms with van der Waals surface area (Å²) in [6.45, 7) is 0. The highest BCUT2D eigenvalue weighted by Crippen LogP contribution is 2.35. The van der Waals surface area contributed by atoms with Crippen LogP contribution >= 0.6 is 0 Å². The Bertz CT molecular complexity index is 675. The van der Waals surface area contributed by atoms with Crippen molar-refractivity contribution in [2.45, 2.75) is 6.42 Å². The number of hydrogen-bond donors (Lipinski definition) is 0. The van der Waals surface area contributed by atoms with Crippen LogP contribution in [0.5, 0.6) is 11.5 Å². The minimum absolute atomic E-state index is 0.270. The number of methoxy groups -OCH3 is 2. The van der Waals surface area contributed by atoms with Crippen LogP contribution in [0.4, 0.5) is 5.69 Å². The fraction of sp³-hybridized carbons (Fsp3) is 0.333. The molecule has 1 aromatic carbocycles. The molecule has 2 rings (SSSR count). The summed E-state index contributed by atoms with van der Waals surface area (Å²) in [6.07, 6.45) is 0.270. The molecule has 1 aromatic heterocycles. The standard InChI is InChI=1S/C15H17N3O2/c1-18(2)13-7-10(5-6-16)17-15-12(13)8-11(19-3)9-14(15)20-4/h7-9H,5H2,1-4H3. The van der Waals surface area contributed by atoms with E-state index in [4.69, 9.17) is 14.7 Å². The molecular weight excluding hydrogens is 254 g/mol. The van der Waals surface area contributed by atoms with Gasteiger partial charge in [-0.25, -0.2) is 4.98 Å². The third kappa shape index (κ3) is 2.45. The number of nitrogens with zero attached hydrogens (tertiary/aromatic N) is 3. The Kier molecular flexibility index (Phi) is 3.94. The van der Waals surface area contributed by atoms with Gasteiger partial charge in [-0.15, -0.1) is 0 Å². The van der Waals surface area contributed by atoms with Gasteiger partial charge in [0.2, 0.25) is 0 Å². The van der Waals surface area contributed by atoms with Gasteiger partial charge in [-0.3, -0.25) is 0 Å². The van der Waals surface area contributed by atoms with Crippen molar-refractivity contribution in [2.24, 2.45) is 0 Å². The first kappa shape index (κ1) is 13.9. The molecule has 0 saturated carbocycles. The lowest BCUT2D eigenvalue weighted by molar-refractivity contribution is 0.397. The van der Waals surface area contributed by atoms with Crippen molar-refractivity contribution in [3.05, 3.63) is 23.9 Å². The highest BCUT2D eigenvalue weighted by Gasteiger charge is 2.13. The number of hydrogen-bond acceptors (Lipinski definition) is 5. The molecule has 5 nitrogen and oxygen atoms in total. The molecule has 1 heterocycles. The van der Waals surface area contributed by atoms with Gasteiger partial charge in [0.15, 0.2) is 0 Å². The van der Waals surface area contributed by atoms with Crippen LogP contribution in [0.1, 0.15) is 5.69 Å². The molecule has 0 amide bonds. The zero-order chi connectivity index (χ0) is 14.7. The fourth-order valence-electron chi connectivity index (χ4n) is 2.12. The number of aromatic nitrogens is 1. The van der Waals surface area contributed by atoms with E-state index < -0.39 is 0 Å². The van der Waals surface area contributed by atoms with Crippen LogP contribution < -0.4 is 14.4 Å². The smallest absolute Gasteiger partial charge is 0.148 e. The monoisotopic (exact) mass is 271 g/mol. The van der Waals surface area contributed by atoms with Gasteiger partial charge >= 0.3 is 0 Å². The predicted molar refractivity (Wildman–Crippen MR) is 78.5 cm³/mol. The van der Waals surface area contributed by atoms with Crippen molar-refractivity contribution < 1.29 is 9.47 Å². The Morgan fingerprint density at radius 2 is 1.95 bits per heavy atom. The number of rotatable bonds is 4. The molecule has 0 spiro atoms. The Labute approximate surface area is 118 Å². The van der Waals surface area contributed by atoms with Crippen LogP contribution in [0.2, 0.25) is 0 Å². The first-order chi connectivity index (χ1) is 9.60. The van der Waals surface area contributed by atoms with Gasteiger partial charge < -0.3 is 14.4 Å². The molecule has 20 heavy (non-hydrogen) atoms. The number of anilines is 1. The second-order valence-corrected chi connectivity index (χ2v) is 4.59. The van der Waals surface area contributed by atoms with E-state index in [9.17, 15) is 0 Å². The summed E-state index contributed by atoms with van der Waals surface area (Å²) < 4.78 is 10.7. The predicted octanol–water partition coefficient (Wildman–Crippen LogP) is 2.38. The highest BCUT2D eigenvalue weighted by molar-refractivity contribution is 5.96. The van der Waals surface area contributed by atoms with Gasteiger partial charge in [-0.05, 0) is 12.1 Å². The van der Waals surface area contributed by atoms with E-state index in [1.54, 1.807) is 20.3 Å². The first-order valence-electron chi connectivity index (χ1n) is 6.20. The number of benzene rings is 1. The SMILES string of the molecule is COc1cc(OC)c2nc(CC#N)cc(N(C)C)c2c1. The molecule has 0 N–H and O–H groups in total. The van der Waals surface area contributed by atoms with Crippen LogP contribution in [0.3, 0.4) is 0 Å². The van der Waals surface area contributed by atoms with Gasteiger partial charge in [-0.2, -0.15) is 5.26 Å². The minimum atomic E-state index is 0.270. The van der Waals surface area contributed by atoms with E-state index in [1.165, 1.54) is 0 Å². The van der Waals surface area contributed by atoms with Crippen molar-refractivity contribution in [3.63, 3.8) is 0 Å². The molecule has 0 bridgehead atoms. The summed E-state index contributed by atoms with van der Waals surface area (Å²) in [5.74, 6) is 1.36. The van der Waals surface area contributed by atoms with E-state index in [1.807, 2.05) is 31.1 Å². The van der Waals surface area contributed by atoms with Gasteiger partial charge in [0.05, 0.1) is 32.4 Å². The Hall–Kier alpha value is -2.48. The van der Waals surface area contributed by atoms with E-state index in [0.717, 1.165) is 22.3 Å². The Balaban J connectivity index is 2.82. The summed E-state index contributed by atoms with van der Waals surface area (Å²) in [5.41, 5.74) is 2.45. The maximum Gasteiger partial charge on any atom is 0.148 e. The van der Waals surface area contributed by atoms with E-state index >= 15 is 0 Å². The molecule has 5 heteroatoms. The number of fused-ring (bicyclic) bond motifs is 1. The largest absolute Gasteiger partial charge is 0.497 e. The number of pyridine rings is 1. The van der Waals surface area contributed by atoms with Gasteiger partial charge in [0, 0.05) is 31.2 Å². The number of nitriles is 1. The lowest BCUT2D eigenvalue weighted by Crippen LogP contribution is -2.10. The van der Waals surface area contributed by atoms with Crippen LogP contribution in [0.25, 0.3) is 10.9 Å². The van der Waals surface area contributed by atoms with Crippen molar-refractivity contribution in [1.82, 2.24) is 4.98 Å². The molecular formula is C15H17N3O2. The van der Waals surface area contributed by atoms with Gasteiger partial charge in [0.1, 0.15) is 17.0 Å². The van der Waals surface area contributed by atoms with Crippen molar-refractivity contribution in [1.29, 1.82) is 5.26 Å². The average Bonchev–Trinajstić information content (AvgIpc) is 2.45. The normalized spacial score (nSPS) is 10.2. The van der Waals surface area contributed by atoms with Crippen LogP contribution in [-0.4, -0.2) is 33.3 Å². The molecule has 0 saturated heterocycles. The second-order valence-electron chi connectivity index (χ2n) is 4.59. The van der Waals surface area contributed by atoms with E-state index in [2.05, 4.69) is 11.1 Å². The summed E-state index contributed by atoms with van der Waals surface area (Å²) in [4.78, 5) is 6.51. The number of ether oxygens (including phenoxy) is 2. The molecule has 0 aliphatic rings. The molecule has 0 unspecified atom stereocenters. The first-order valence-corrected chi connectivity index (χ1v) is 6.20. The lowest BCUT2D eigenvalue weighted by atomic mass is 10.1. The van der Waals surface area contributed by atoms with Crippen molar-refractivity contribution >= 4 is 16.6 Å². The Morgan fingerprint density at radius 1 is 1.20 bits per heavy atom. The summed E-state index contributed by atoms with van der Waals surface area (Å²) in [7, 11) is 7.13. The molecule has 0 aliphatic carbocycles. The maximum atomic E-state index is 8.88. The van der Waals surface area contributed by atoms with E-state index in [0.29, 0.717) is 11.5 Å². The summed E-state index contributed by atoms with van der Waals surface area (Å²) >= 11 is 0. The zero-order valence-corrected chi connectivity index (χ0v) is 12.1.